The third-order valence-corrected chi connectivity index (χ3v) is 4.62. The molecule has 86 valence electrons. The van der Waals surface area contributed by atoms with Gasteiger partial charge in [0.25, 0.3) is 0 Å². The van der Waals surface area contributed by atoms with Gasteiger partial charge in [-0.3, -0.25) is 0 Å². The summed E-state index contributed by atoms with van der Waals surface area (Å²) < 4.78 is 6.00. The van der Waals surface area contributed by atoms with Crippen LogP contribution in [0.3, 0.4) is 0 Å². The van der Waals surface area contributed by atoms with Gasteiger partial charge in [0.1, 0.15) is 0 Å². The topological polar surface area (TPSA) is 21.3 Å². The molecule has 0 spiro atoms. The molecule has 0 bridgehead atoms. The fourth-order valence-electron chi connectivity index (χ4n) is 2.22. The van der Waals surface area contributed by atoms with Crippen LogP contribution in [0, 0.1) is 0 Å². The van der Waals surface area contributed by atoms with Crippen LogP contribution in [0.2, 0.25) is 0 Å². The summed E-state index contributed by atoms with van der Waals surface area (Å²) >= 11 is 1.97. The van der Waals surface area contributed by atoms with Crippen molar-refractivity contribution in [3.63, 3.8) is 0 Å². The molecule has 2 nitrogen and oxygen atoms in total. The molecular formula is C13H17NOS. The zero-order chi connectivity index (χ0) is 11.0. The molecule has 0 amide bonds. The Kier molecular flexibility index (Phi) is 2.70. The minimum Gasteiger partial charge on any atom is -0.371 e. The van der Waals surface area contributed by atoms with E-state index in [1.807, 2.05) is 11.8 Å². The summed E-state index contributed by atoms with van der Waals surface area (Å²) in [6.45, 7) is 5.06. The van der Waals surface area contributed by atoms with Crippen molar-refractivity contribution in [3.05, 3.63) is 29.8 Å². The van der Waals surface area contributed by atoms with Gasteiger partial charge in [-0.1, -0.05) is 18.2 Å². The first kappa shape index (κ1) is 10.6. The molecule has 1 saturated heterocycles. The van der Waals surface area contributed by atoms with Gasteiger partial charge in [0.2, 0.25) is 0 Å². The van der Waals surface area contributed by atoms with Crippen molar-refractivity contribution in [2.75, 3.05) is 19.7 Å². The van der Waals surface area contributed by atoms with E-state index >= 15 is 0 Å². The first-order valence-electron chi connectivity index (χ1n) is 5.84. The van der Waals surface area contributed by atoms with Gasteiger partial charge in [-0.15, -0.1) is 11.8 Å². The van der Waals surface area contributed by atoms with Gasteiger partial charge in [-0.2, -0.15) is 0 Å². The third-order valence-electron chi connectivity index (χ3n) is 3.33. The number of rotatable bonds is 3. The minimum atomic E-state index is 0.0926. The summed E-state index contributed by atoms with van der Waals surface area (Å²) in [4.78, 5) is 1.44. The van der Waals surface area contributed by atoms with Crippen molar-refractivity contribution in [1.29, 1.82) is 0 Å². The van der Waals surface area contributed by atoms with E-state index in [0.717, 1.165) is 26.1 Å². The Hall–Kier alpha value is -0.510. The van der Waals surface area contributed by atoms with E-state index in [0.29, 0.717) is 5.25 Å². The molecule has 0 aliphatic carbocycles. The van der Waals surface area contributed by atoms with Crippen LogP contribution in [0.15, 0.2) is 29.2 Å². The lowest BCUT2D eigenvalue weighted by molar-refractivity contribution is -0.0654. The lowest BCUT2D eigenvalue weighted by Crippen LogP contribution is -2.59. The number of nitrogens with one attached hydrogen (secondary N) is 1. The monoisotopic (exact) mass is 235 g/mol. The highest BCUT2D eigenvalue weighted by atomic mass is 32.2. The van der Waals surface area contributed by atoms with Crippen LogP contribution in [0.5, 0.6) is 0 Å². The van der Waals surface area contributed by atoms with Crippen LogP contribution in [-0.2, 0) is 11.2 Å². The summed E-state index contributed by atoms with van der Waals surface area (Å²) in [6.07, 6.45) is 1.16. The predicted molar refractivity (Wildman–Crippen MR) is 67.0 cm³/mol. The molecule has 0 aromatic heterocycles. The zero-order valence-corrected chi connectivity index (χ0v) is 10.3. The number of ether oxygens (including phenoxy) is 1. The summed E-state index contributed by atoms with van der Waals surface area (Å²) in [5.41, 5.74) is 1.58. The molecule has 1 aromatic rings. The molecule has 1 atom stereocenters. The van der Waals surface area contributed by atoms with Gasteiger partial charge in [-0.05, 0) is 25.0 Å². The molecule has 3 rings (SSSR count). The van der Waals surface area contributed by atoms with E-state index in [1.54, 1.807) is 0 Å². The fraction of sp³-hybridized carbons (Fsp3) is 0.538. The Balaban J connectivity index is 1.56. The Morgan fingerprint density at radius 2 is 2.25 bits per heavy atom. The van der Waals surface area contributed by atoms with Crippen molar-refractivity contribution in [1.82, 2.24) is 5.32 Å². The van der Waals surface area contributed by atoms with E-state index in [9.17, 15) is 0 Å². The average molecular weight is 235 g/mol. The second-order valence-corrected chi connectivity index (χ2v) is 6.26. The van der Waals surface area contributed by atoms with Crippen LogP contribution in [0.25, 0.3) is 0 Å². The smallest absolute Gasteiger partial charge is 0.0902 e. The highest BCUT2D eigenvalue weighted by molar-refractivity contribution is 8.00. The highest BCUT2D eigenvalue weighted by Crippen LogP contribution is 2.37. The summed E-state index contributed by atoms with van der Waals surface area (Å²) in [5, 5.41) is 3.87. The average Bonchev–Trinajstić information content (AvgIpc) is 2.66. The molecule has 1 N–H and O–H groups in total. The Bertz CT molecular complexity index is 364. The molecule has 2 aliphatic heterocycles. The van der Waals surface area contributed by atoms with Crippen molar-refractivity contribution in [2.45, 2.75) is 29.1 Å². The van der Waals surface area contributed by atoms with Gasteiger partial charge in [-0.25, -0.2) is 0 Å². The molecule has 2 heterocycles. The molecule has 16 heavy (non-hydrogen) atoms. The van der Waals surface area contributed by atoms with Crippen LogP contribution < -0.4 is 5.32 Å². The standard InChI is InChI=1S/C13H17NOS/c1-13(8-14-9-13)15-7-11-6-10-4-2-3-5-12(10)16-11/h2-5,11,14H,6-9H2,1H3. The van der Waals surface area contributed by atoms with E-state index in [1.165, 1.54) is 10.5 Å². The van der Waals surface area contributed by atoms with Crippen molar-refractivity contribution in [2.24, 2.45) is 0 Å². The first-order chi connectivity index (χ1) is 7.75. The lowest BCUT2D eigenvalue weighted by atomic mass is 10.00. The number of thioether (sulfide) groups is 1. The van der Waals surface area contributed by atoms with E-state index in [4.69, 9.17) is 4.74 Å². The summed E-state index contributed by atoms with van der Waals surface area (Å²) in [6, 6.07) is 8.69. The molecule has 1 fully saturated rings. The number of hydrogen-bond acceptors (Lipinski definition) is 3. The Labute approximate surface area is 101 Å². The Morgan fingerprint density at radius 1 is 1.44 bits per heavy atom. The maximum Gasteiger partial charge on any atom is 0.0902 e. The van der Waals surface area contributed by atoms with Crippen LogP contribution in [-0.4, -0.2) is 30.5 Å². The van der Waals surface area contributed by atoms with Gasteiger partial charge in [0.05, 0.1) is 12.2 Å². The van der Waals surface area contributed by atoms with Crippen LogP contribution in [0.1, 0.15) is 12.5 Å². The zero-order valence-electron chi connectivity index (χ0n) is 9.53. The number of hydrogen-bond donors (Lipinski definition) is 1. The largest absolute Gasteiger partial charge is 0.371 e. The molecule has 1 unspecified atom stereocenters. The fourth-order valence-corrected chi connectivity index (χ4v) is 3.44. The van der Waals surface area contributed by atoms with E-state index in [2.05, 4.69) is 36.5 Å². The van der Waals surface area contributed by atoms with Gasteiger partial charge < -0.3 is 10.1 Å². The van der Waals surface area contributed by atoms with Crippen molar-refractivity contribution in [3.8, 4) is 0 Å². The van der Waals surface area contributed by atoms with Gasteiger partial charge in [0.15, 0.2) is 0 Å². The van der Waals surface area contributed by atoms with Crippen LogP contribution >= 0.6 is 11.8 Å². The lowest BCUT2D eigenvalue weighted by Gasteiger charge is -2.39. The molecule has 0 radical (unpaired) electrons. The summed E-state index contributed by atoms with van der Waals surface area (Å²) in [7, 11) is 0. The third kappa shape index (κ3) is 1.99. The van der Waals surface area contributed by atoms with Gasteiger partial charge in [0, 0.05) is 23.2 Å². The van der Waals surface area contributed by atoms with Crippen LogP contribution in [0.4, 0.5) is 0 Å². The minimum absolute atomic E-state index is 0.0926. The van der Waals surface area contributed by atoms with Crippen molar-refractivity contribution >= 4 is 11.8 Å². The molecular weight excluding hydrogens is 218 g/mol. The summed E-state index contributed by atoms with van der Waals surface area (Å²) in [5.74, 6) is 0. The number of benzene rings is 1. The molecule has 0 saturated carbocycles. The van der Waals surface area contributed by atoms with E-state index < -0.39 is 0 Å². The number of fused-ring (bicyclic) bond motifs is 1. The molecule has 1 aromatic carbocycles. The predicted octanol–water partition coefficient (Wildman–Crippen LogP) is 2.08. The maximum atomic E-state index is 6.00. The molecule has 3 heteroatoms. The maximum absolute atomic E-state index is 6.00. The van der Waals surface area contributed by atoms with Gasteiger partial charge >= 0.3 is 0 Å². The molecule has 2 aliphatic rings. The highest BCUT2D eigenvalue weighted by Gasteiger charge is 2.34. The van der Waals surface area contributed by atoms with E-state index in [-0.39, 0.29) is 5.60 Å². The van der Waals surface area contributed by atoms with Crippen molar-refractivity contribution < 1.29 is 4.74 Å². The Morgan fingerprint density at radius 3 is 2.94 bits per heavy atom. The second kappa shape index (κ2) is 4.06. The SMILES string of the molecule is CC1(OCC2Cc3ccccc3S2)CNC1. The normalized spacial score (nSPS) is 26.2. The second-order valence-electron chi connectivity index (χ2n) is 4.92. The first-order valence-corrected chi connectivity index (χ1v) is 6.72. The quantitative estimate of drug-likeness (QED) is 0.866.